The molecule has 2 heterocycles. The van der Waals surface area contributed by atoms with Crippen molar-refractivity contribution in [3.8, 4) is 5.75 Å². The molecule has 2 saturated heterocycles. The highest BCUT2D eigenvalue weighted by molar-refractivity contribution is 5.81. The standard InChI is InChI=1S/C19H26N2O3/c1-15-6-2-3-7-17(15)24-14-18(22)20-12-8-16(9-13-20)19(23)21-10-4-5-11-21/h2-3,6-7,16H,4-5,8-14H2,1H3. The van der Waals surface area contributed by atoms with Gasteiger partial charge in [-0.1, -0.05) is 18.2 Å². The number of amides is 2. The number of ether oxygens (including phenoxy) is 1. The summed E-state index contributed by atoms with van der Waals surface area (Å²) in [5.41, 5.74) is 1.03. The highest BCUT2D eigenvalue weighted by atomic mass is 16.5. The molecule has 0 atom stereocenters. The minimum Gasteiger partial charge on any atom is -0.484 e. The topological polar surface area (TPSA) is 49.9 Å². The first kappa shape index (κ1) is 16.8. The third kappa shape index (κ3) is 3.89. The Bertz CT molecular complexity index is 588. The van der Waals surface area contributed by atoms with Crippen molar-refractivity contribution in [1.29, 1.82) is 0 Å². The average molecular weight is 330 g/mol. The summed E-state index contributed by atoms with van der Waals surface area (Å²) in [6, 6.07) is 7.70. The minimum absolute atomic E-state index is 0.00493. The Hall–Kier alpha value is -2.04. The lowest BCUT2D eigenvalue weighted by Crippen LogP contribution is -2.45. The molecule has 0 aliphatic carbocycles. The van der Waals surface area contributed by atoms with Crippen LogP contribution in [0.25, 0.3) is 0 Å². The second-order valence-corrected chi connectivity index (χ2v) is 6.74. The maximum absolute atomic E-state index is 12.4. The van der Waals surface area contributed by atoms with Gasteiger partial charge in [-0.3, -0.25) is 9.59 Å². The van der Waals surface area contributed by atoms with Gasteiger partial charge in [0.25, 0.3) is 5.91 Å². The summed E-state index contributed by atoms with van der Waals surface area (Å²) in [7, 11) is 0. The van der Waals surface area contributed by atoms with E-state index in [1.165, 1.54) is 0 Å². The Kier molecular flexibility index (Phi) is 5.38. The zero-order valence-corrected chi connectivity index (χ0v) is 14.4. The van der Waals surface area contributed by atoms with Crippen LogP contribution in [0.3, 0.4) is 0 Å². The number of likely N-dealkylation sites (tertiary alicyclic amines) is 2. The average Bonchev–Trinajstić information content (AvgIpc) is 3.15. The molecule has 5 nitrogen and oxygen atoms in total. The number of nitrogens with zero attached hydrogens (tertiary/aromatic N) is 2. The van der Waals surface area contributed by atoms with E-state index >= 15 is 0 Å². The van der Waals surface area contributed by atoms with Gasteiger partial charge in [0.2, 0.25) is 5.91 Å². The van der Waals surface area contributed by atoms with E-state index in [-0.39, 0.29) is 24.3 Å². The highest BCUT2D eigenvalue weighted by Gasteiger charge is 2.31. The number of rotatable bonds is 4. The normalized spacial score (nSPS) is 18.7. The molecule has 130 valence electrons. The van der Waals surface area contributed by atoms with Crippen LogP contribution in [-0.4, -0.2) is 54.4 Å². The molecule has 2 amide bonds. The Morgan fingerprint density at radius 1 is 1.04 bits per heavy atom. The van der Waals surface area contributed by atoms with Crippen molar-refractivity contribution in [3.63, 3.8) is 0 Å². The summed E-state index contributed by atoms with van der Waals surface area (Å²) in [6.45, 7) is 5.15. The SMILES string of the molecule is Cc1ccccc1OCC(=O)N1CCC(C(=O)N2CCCC2)CC1. The second-order valence-electron chi connectivity index (χ2n) is 6.74. The summed E-state index contributed by atoms with van der Waals surface area (Å²) in [4.78, 5) is 28.6. The van der Waals surface area contributed by atoms with Crippen LogP contribution in [-0.2, 0) is 9.59 Å². The van der Waals surface area contributed by atoms with Gasteiger partial charge in [0.15, 0.2) is 6.61 Å². The molecule has 2 aliphatic heterocycles. The van der Waals surface area contributed by atoms with Gasteiger partial charge < -0.3 is 14.5 Å². The molecular weight excluding hydrogens is 304 g/mol. The first-order valence-corrected chi connectivity index (χ1v) is 8.90. The predicted octanol–water partition coefficient (Wildman–Crippen LogP) is 2.23. The van der Waals surface area contributed by atoms with Crippen molar-refractivity contribution in [1.82, 2.24) is 9.80 Å². The van der Waals surface area contributed by atoms with Crippen LogP contribution in [0, 0.1) is 12.8 Å². The molecular formula is C19H26N2O3. The van der Waals surface area contributed by atoms with Gasteiger partial charge in [-0.25, -0.2) is 0 Å². The van der Waals surface area contributed by atoms with Crippen LogP contribution >= 0.6 is 0 Å². The second kappa shape index (κ2) is 7.69. The zero-order valence-electron chi connectivity index (χ0n) is 14.4. The number of aryl methyl sites for hydroxylation is 1. The molecule has 0 aromatic heterocycles. The van der Waals surface area contributed by atoms with E-state index in [9.17, 15) is 9.59 Å². The summed E-state index contributed by atoms with van der Waals surface area (Å²) in [6.07, 6.45) is 3.79. The van der Waals surface area contributed by atoms with E-state index < -0.39 is 0 Å². The Labute approximate surface area is 143 Å². The molecule has 1 aromatic carbocycles. The molecule has 0 bridgehead atoms. The van der Waals surface area contributed by atoms with E-state index in [2.05, 4.69) is 0 Å². The summed E-state index contributed by atoms with van der Waals surface area (Å²) in [5.74, 6) is 1.13. The van der Waals surface area contributed by atoms with Gasteiger partial charge in [-0.15, -0.1) is 0 Å². The van der Waals surface area contributed by atoms with Gasteiger partial charge in [-0.05, 0) is 44.2 Å². The lowest BCUT2D eigenvalue weighted by molar-refractivity contribution is -0.140. The first-order chi connectivity index (χ1) is 11.6. The maximum atomic E-state index is 12.4. The fraction of sp³-hybridized carbons (Fsp3) is 0.579. The van der Waals surface area contributed by atoms with Gasteiger partial charge in [0, 0.05) is 32.1 Å². The molecule has 1 aromatic rings. The Balaban J connectivity index is 1.45. The Morgan fingerprint density at radius 2 is 1.71 bits per heavy atom. The van der Waals surface area contributed by atoms with Crippen LogP contribution < -0.4 is 4.74 Å². The Morgan fingerprint density at radius 3 is 2.38 bits per heavy atom. The van der Waals surface area contributed by atoms with E-state index in [0.29, 0.717) is 13.1 Å². The molecule has 3 rings (SSSR count). The molecule has 0 spiro atoms. The van der Waals surface area contributed by atoms with Crippen molar-refractivity contribution >= 4 is 11.8 Å². The van der Waals surface area contributed by atoms with E-state index in [4.69, 9.17) is 4.74 Å². The summed E-state index contributed by atoms with van der Waals surface area (Å²) >= 11 is 0. The van der Waals surface area contributed by atoms with Crippen molar-refractivity contribution in [2.75, 3.05) is 32.8 Å². The molecule has 5 heteroatoms. The van der Waals surface area contributed by atoms with Crippen molar-refractivity contribution in [2.24, 2.45) is 5.92 Å². The molecule has 2 aliphatic rings. The fourth-order valence-corrected chi connectivity index (χ4v) is 3.52. The lowest BCUT2D eigenvalue weighted by atomic mass is 9.95. The van der Waals surface area contributed by atoms with Gasteiger partial charge in [0.1, 0.15) is 5.75 Å². The highest BCUT2D eigenvalue weighted by Crippen LogP contribution is 2.22. The zero-order chi connectivity index (χ0) is 16.9. The number of benzene rings is 1. The largest absolute Gasteiger partial charge is 0.484 e. The number of carbonyl (C=O) groups is 2. The predicted molar refractivity (Wildman–Crippen MR) is 91.8 cm³/mol. The third-order valence-corrected chi connectivity index (χ3v) is 5.06. The van der Waals surface area contributed by atoms with Crippen molar-refractivity contribution in [2.45, 2.75) is 32.6 Å². The van der Waals surface area contributed by atoms with E-state index in [1.807, 2.05) is 41.0 Å². The van der Waals surface area contributed by atoms with Gasteiger partial charge in [-0.2, -0.15) is 0 Å². The number of hydrogen-bond donors (Lipinski definition) is 0. The molecule has 0 N–H and O–H groups in total. The molecule has 0 radical (unpaired) electrons. The minimum atomic E-state index is 0.00493. The van der Waals surface area contributed by atoms with Crippen molar-refractivity contribution in [3.05, 3.63) is 29.8 Å². The van der Waals surface area contributed by atoms with Crippen molar-refractivity contribution < 1.29 is 14.3 Å². The van der Waals surface area contributed by atoms with Gasteiger partial charge in [0.05, 0.1) is 0 Å². The van der Waals surface area contributed by atoms with E-state index in [0.717, 1.165) is 50.1 Å². The van der Waals surface area contributed by atoms with Gasteiger partial charge >= 0.3 is 0 Å². The monoisotopic (exact) mass is 330 g/mol. The van der Waals surface area contributed by atoms with Crippen LogP contribution in [0.2, 0.25) is 0 Å². The van der Waals surface area contributed by atoms with Crippen LogP contribution in [0.1, 0.15) is 31.2 Å². The number of para-hydroxylation sites is 1. The number of carbonyl (C=O) groups excluding carboxylic acids is 2. The number of hydrogen-bond acceptors (Lipinski definition) is 3. The maximum Gasteiger partial charge on any atom is 0.260 e. The van der Waals surface area contributed by atoms with E-state index in [1.54, 1.807) is 0 Å². The van der Waals surface area contributed by atoms with Crippen LogP contribution in [0.5, 0.6) is 5.75 Å². The molecule has 2 fully saturated rings. The number of piperidine rings is 1. The fourth-order valence-electron chi connectivity index (χ4n) is 3.52. The quantitative estimate of drug-likeness (QED) is 0.851. The molecule has 24 heavy (non-hydrogen) atoms. The smallest absolute Gasteiger partial charge is 0.260 e. The lowest BCUT2D eigenvalue weighted by Gasteiger charge is -2.33. The molecule has 0 saturated carbocycles. The van der Waals surface area contributed by atoms with Crippen LogP contribution in [0.15, 0.2) is 24.3 Å². The molecule has 0 unspecified atom stereocenters. The first-order valence-electron chi connectivity index (χ1n) is 8.90. The van der Waals surface area contributed by atoms with Crippen LogP contribution in [0.4, 0.5) is 0 Å². The summed E-state index contributed by atoms with van der Waals surface area (Å²) in [5, 5.41) is 0. The third-order valence-electron chi connectivity index (χ3n) is 5.06. The summed E-state index contributed by atoms with van der Waals surface area (Å²) < 4.78 is 5.64.